The van der Waals surface area contributed by atoms with E-state index in [4.69, 9.17) is 21.4 Å². The quantitative estimate of drug-likeness (QED) is 0.581. The summed E-state index contributed by atoms with van der Waals surface area (Å²) in [5.74, 6) is 1.31. The minimum Gasteiger partial charge on any atom is -0.492 e. The number of hydrogen-bond acceptors (Lipinski definition) is 3. The van der Waals surface area contributed by atoms with E-state index < -0.39 is 0 Å². The van der Waals surface area contributed by atoms with Gasteiger partial charge in [-0.1, -0.05) is 0 Å². The molecule has 0 aliphatic heterocycles. The van der Waals surface area contributed by atoms with Crippen molar-refractivity contribution < 1.29 is 9.84 Å². The lowest BCUT2D eigenvalue weighted by Crippen LogP contribution is -1.98. The highest BCUT2D eigenvalue weighted by molar-refractivity contribution is 6.17. The molecule has 0 amide bonds. The van der Waals surface area contributed by atoms with Gasteiger partial charge in [0.05, 0.1) is 25.1 Å². The Morgan fingerprint density at radius 2 is 2.31 bits per heavy atom. The van der Waals surface area contributed by atoms with Gasteiger partial charge >= 0.3 is 0 Å². The number of aliphatic hydroxyl groups excluding tert-OH is 1. The Balaban J connectivity index is 2.40. The van der Waals surface area contributed by atoms with Gasteiger partial charge in [0.1, 0.15) is 5.75 Å². The third-order valence-electron chi connectivity index (χ3n) is 1.51. The second-order valence-electron chi connectivity index (χ2n) is 2.53. The fourth-order valence-corrected chi connectivity index (χ4v) is 0.944. The van der Waals surface area contributed by atoms with Gasteiger partial charge in [-0.15, -0.1) is 11.6 Å². The van der Waals surface area contributed by atoms with Gasteiger partial charge in [0, 0.05) is 5.88 Å². The zero-order valence-corrected chi connectivity index (χ0v) is 8.00. The number of aliphatic hydroxyl groups is 1. The second kappa shape index (κ2) is 5.78. The van der Waals surface area contributed by atoms with E-state index in [2.05, 4.69) is 4.98 Å². The number of pyridine rings is 1. The molecule has 0 saturated carbocycles. The first kappa shape index (κ1) is 10.3. The average Bonchev–Trinajstić information content (AvgIpc) is 2.19. The monoisotopic (exact) mass is 201 g/mol. The van der Waals surface area contributed by atoms with Gasteiger partial charge in [0.15, 0.2) is 0 Å². The lowest BCUT2D eigenvalue weighted by Gasteiger charge is -2.04. The van der Waals surface area contributed by atoms with Crippen molar-refractivity contribution in [2.75, 3.05) is 12.5 Å². The van der Waals surface area contributed by atoms with Crippen LogP contribution in [0.25, 0.3) is 0 Å². The topological polar surface area (TPSA) is 42.4 Å². The molecule has 0 atom stereocenters. The van der Waals surface area contributed by atoms with E-state index in [0.29, 0.717) is 23.9 Å². The summed E-state index contributed by atoms with van der Waals surface area (Å²) >= 11 is 5.49. The van der Waals surface area contributed by atoms with Crippen molar-refractivity contribution in [3.63, 3.8) is 0 Å². The van der Waals surface area contributed by atoms with Crippen molar-refractivity contribution in [2.45, 2.75) is 13.0 Å². The maximum absolute atomic E-state index is 8.72. The molecule has 72 valence electrons. The van der Waals surface area contributed by atoms with E-state index in [1.165, 1.54) is 0 Å². The summed E-state index contributed by atoms with van der Waals surface area (Å²) in [6.45, 7) is 0.561. The SMILES string of the molecule is OCc1ccc(OCCCCl)cn1. The number of rotatable bonds is 5. The highest BCUT2D eigenvalue weighted by Gasteiger charge is 1.94. The molecule has 0 aliphatic rings. The predicted octanol–water partition coefficient (Wildman–Crippen LogP) is 1.58. The molecule has 0 unspecified atom stereocenters. The first-order valence-corrected chi connectivity index (χ1v) is 4.65. The number of ether oxygens (including phenoxy) is 1. The molecule has 0 saturated heterocycles. The van der Waals surface area contributed by atoms with Crippen molar-refractivity contribution in [1.82, 2.24) is 4.98 Å². The predicted molar refractivity (Wildman–Crippen MR) is 51.0 cm³/mol. The maximum Gasteiger partial charge on any atom is 0.137 e. The van der Waals surface area contributed by atoms with Crippen LogP contribution in [0.4, 0.5) is 0 Å². The normalized spacial score (nSPS) is 10.0. The first-order valence-electron chi connectivity index (χ1n) is 4.11. The van der Waals surface area contributed by atoms with Crippen LogP contribution in [0.1, 0.15) is 12.1 Å². The molecular formula is C9H12ClNO2. The van der Waals surface area contributed by atoms with Crippen LogP contribution in [-0.2, 0) is 6.61 Å². The van der Waals surface area contributed by atoms with Gasteiger partial charge in [0.2, 0.25) is 0 Å². The summed E-state index contributed by atoms with van der Waals surface area (Å²) in [5, 5.41) is 8.72. The molecule has 0 bridgehead atoms. The molecule has 13 heavy (non-hydrogen) atoms. The Morgan fingerprint density at radius 3 is 2.85 bits per heavy atom. The Kier molecular flexibility index (Phi) is 4.57. The summed E-state index contributed by atoms with van der Waals surface area (Å²) in [7, 11) is 0. The van der Waals surface area contributed by atoms with Gasteiger partial charge in [-0.05, 0) is 18.6 Å². The van der Waals surface area contributed by atoms with Crippen molar-refractivity contribution >= 4 is 11.6 Å². The van der Waals surface area contributed by atoms with Crippen LogP contribution in [0.3, 0.4) is 0 Å². The number of alkyl halides is 1. The molecule has 1 rings (SSSR count). The van der Waals surface area contributed by atoms with Crippen LogP contribution in [-0.4, -0.2) is 22.6 Å². The smallest absolute Gasteiger partial charge is 0.137 e. The molecule has 0 aliphatic carbocycles. The van der Waals surface area contributed by atoms with Gasteiger partial charge in [0.25, 0.3) is 0 Å². The summed E-state index contributed by atoms with van der Waals surface area (Å²) in [6.07, 6.45) is 2.42. The van der Waals surface area contributed by atoms with Crippen molar-refractivity contribution in [3.05, 3.63) is 24.0 Å². The van der Waals surface area contributed by atoms with E-state index in [9.17, 15) is 0 Å². The third kappa shape index (κ3) is 3.61. The second-order valence-corrected chi connectivity index (χ2v) is 2.91. The van der Waals surface area contributed by atoms with Crippen LogP contribution in [0.2, 0.25) is 0 Å². The van der Waals surface area contributed by atoms with E-state index in [1.807, 2.05) is 0 Å². The Morgan fingerprint density at radius 1 is 1.46 bits per heavy atom. The van der Waals surface area contributed by atoms with Crippen molar-refractivity contribution in [1.29, 1.82) is 0 Å². The number of halogens is 1. The number of aromatic nitrogens is 1. The van der Waals surface area contributed by atoms with Crippen molar-refractivity contribution in [2.24, 2.45) is 0 Å². The van der Waals surface area contributed by atoms with Crippen LogP contribution in [0, 0.1) is 0 Å². The largest absolute Gasteiger partial charge is 0.492 e. The number of hydrogen-bond donors (Lipinski definition) is 1. The first-order chi connectivity index (χ1) is 6.36. The Hall–Kier alpha value is -0.800. The lowest BCUT2D eigenvalue weighted by atomic mass is 10.3. The van der Waals surface area contributed by atoms with Crippen molar-refractivity contribution in [3.8, 4) is 5.75 Å². The zero-order chi connectivity index (χ0) is 9.52. The maximum atomic E-state index is 8.72. The fraction of sp³-hybridized carbons (Fsp3) is 0.444. The molecule has 4 heteroatoms. The molecule has 0 fully saturated rings. The van der Waals surface area contributed by atoms with E-state index in [0.717, 1.165) is 6.42 Å². The van der Waals surface area contributed by atoms with E-state index in [-0.39, 0.29) is 6.61 Å². The number of nitrogens with zero attached hydrogens (tertiary/aromatic N) is 1. The highest BCUT2D eigenvalue weighted by Crippen LogP contribution is 2.09. The molecule has 1 aromatic heterocycles. The van der Waals surface area contributed by atoms with Crippen LogP contribution in [0.15, 0.2) is 18.3 Å². The molecular weight excluding hydrogens is 190 g/mol. The van der Waals surface area contributed by atoms with Gasteiger partial charge in [-0.3, -0.25) is 4.98 Å². The van der Waals surface area contributed by atoms with Gasteiger partial charge < -0.3 is 9.84 Å². The summed E-state index contributed by atoms with van der Waals surface area (Å²) in [4.78, 5) is 3.97. The summed E-state index contributed by atoms with van der Waals surface area (Å²) in [5.41, 5.74) is 0.643. The minimum atomic E-state index is -0.0397. The molecule has 1 N–H and O–H groups in total. The van der Waals surface area contributed by atoms with Gasteiger partial charge in [-0.2, -0.15) is 0 Å². The minimum absolute atomic E-state index is 0.0397. The zero-order valence-electron chi connectivity index (χ0n) is 7.24. The standard InChI is InChI=1S/C9H12ClNO2/c10-4-1-5-13-9-3-2-8(7-12)11-6-9/h2-3,6,12H,1,4-5,7H2. The molecule has 0 spiro atoms. The fourth-order valence-electron chi connectivity index (χ4n) is 0.834. The van der Waals surface area contributed by atoms with Crippen LogP contribution in [0.5, 0.6) is 5.75 Å². The molecule has 1 heterocycles. The molecule has 1 aromatic rings. The molecule has 0 radical (unpaired) electrons. The highest BCUT2D eigenvalue weighted by atomic mass is 35.5. The van der Waals surface area contributed by atoms with E-state index in [1.54, 1.807) is 18.3 Å². The third-order valence-corrected chi connectivity index (χ3v) is 1.77. The lowest BCUT2D eigenvalue weighted by molar-refractivity contribution is 0.275. The molecule has 3 nitrogen and oxygen atoms in total. The van der Waals surface area contributed by atoms with Crippen LogP contribution < -0.4 is 4.74 Å². The Labute approximate surface area is 82.3 Å². The summed E-state index contributed by atoms with van der Waals surface area (Å²) < 4.78 is 5.32. The van der Waals surface area contributed by atoms with Crippen LogP contribution >= 0.6 is 11.6 Å². The Bertz CT molecular complexity index is 238. The summed E-state index contributed by atoms with van der Waals surface area (Å²) in [6, 6.07) is 3.52. The average molecular weight is 202 g/mol. The molecule has 0 aromatic carbocycles. The van der Waals surface area contributed by atoms with Gasteiger partial charge in [-0.25, -0.2) is 0 Å². The van der Waals surface area contributed by atoms with E-state index >= 15 is 0 Å².